The second-order valence-corrected chi connectivity index (χ2v) is 7.32. The van der Waals surface area contributed by atoms with Crippen LogP contribution >= 0.6 is 11.8 Å². The fourth-order valence-electron chi connectivity index (χ4n) is 3.09. The van der Waals surface area contributed by atoms with Crippen LogP contribution in [0.25, 0.3) is 10.9 Å². The molecule has 0 unspecified atom stereocenters. The molecule has 24 heavy (non-hydrogen) atoms. The van der Waals surface area contributed by atoms with Crippen molar-refractivity contribution in [3.8, 4) is 5.88 Å². The van der Waals surface area contributed by atoms with E-state index >= 15 is 0 Å². The number of nitrogens with zero attached hydrogens (tertiary/aromatic N) is 3. The van der Waals surface area contributed by atoms with E-state index in [1.807, 2.05) is 59.7 Å². The summed E-state index contributed by atoms with van der Waals surface area (Å²) < 4.78 is 2.00. The molecule has 122 valence electrons. The Labute approximate surface area is 145 Å². The van der Waals surface area contributed by atoms with Crippen LogP contribution in [0.2, 0.25) is 0 Å². The average molecular weight is 337 g/mol. The maximum atomic E-state index is 10.7. The van der Waals surface area contributed by atoms with Crippen molar-refractivity contribution in [3.63, 3.8) is 0 Å². The Bertz CT molecular complexity index is 941. The molecule has 1 saturated heterocycles. The van der Waals surface area contributed by atoms with Crippen LogP contribution in [-0.2, 0) is 0 Å². The van der Waals surface area contributed by atoms with Crippen molar-refractivity contribution >= 4 is 34.0 Å². The van der Waals surface area contributed by atoms with E-state index in [1.165, 1.54) is 5.56 Å². The maximum Gasteiger partial charge on any atom is 0.221 e. The first-order chi connectivity index (χ1) is 11.6. The lowest BCUT2D eigenvalue weighted by atomic mass is 10.1. The number of benzene rings is 2. The Morgan fingerprint density at radius 2 is 1.88 bits per heavy atom. The molecule has 1 aliphatic heterocycles. The number of aromatic hydroxyl groups is 1. The van der Waals surface area contributed by atoms with Gasteiger partial charge < -0.3 is 9.67 Å². The van der Waals surface area contributed by atoms with Gasteiger partial charge in [0, 0.05) is 16.9 Å². The minimum absolute atomic E-state index is 0.218. The molecule has 0 spiro atoms. The molecule has 0 atom stereocenters. The predicted octanol–water partition coefficient (Wildman–Crippen LogP) is 5.67. The highest BCUT2D eigenvalue weighted by Gasteiger charge is 2.27. The predicted molar refractivity (Wildman–Crippen MR) is 100 cm³/mol. The van der Waals surface area contributed by atoms with Crippen LogP contribution in [0.3, 0.4) is 0 Å². The van der Waals surface area contributed by atoms with E-state index in [0.29, 0.717) is 11.7 Å². The Hall–Kier alpha value is -2.27. The summed E-state index contributed by atoms with van der Waals surface area (Å²) in [5.41, 5.74) is 4.69. The van der Waals surface area contributed by atoms with Crippen LogP contribution in [0.1, 0.15) is 17.2 Å². The normalized spacial score (nSPS) is 15.2. The molecule has 0 saturated carbocycles. The number of hydrogen-bond donors (Lipinski definition) is 1. The molecule has 1 fully saturated rings. The summed E-state index contributed by atoms with van der Waals surface area (Å²) >= 11 is 1.89. The SMILES string of the molecule is Cc1ccc(N=Nc2c(O)n(C3CSC3)c3ccccc23)c(C)c1. The molecule has 1 N–H and O–H groups in total. The van der Waals surface area contributed by atoms with Gasteiger partial charge in [0.2, 0.25) is 5.88 Å². The largest absolute Gasteiger partial charge is 0.493 e. The van der Waals surface area contributed by atoms with Gasteiger partial charge in [-0.1, -0.05) is 35.9 Å². The molecule has 0 radical (unpaired) electrons. The van der Waals surface area contributed by atoms with Gasteiger partial charge in [-0.25, -0.2) is 0 Å². The summed E-state index contributed by atoms with van der Waals surface area (Å²) in [6.45, 7) is 4.08. The molecule has 5 heteroatoms. The Balaban J connectivity index is 1.81. The van der Waals surface area contributed by atoms with E-state index in [-0.39, 0.29) is 5.88 Å². The molecular weight excluding hydrogens is 318 g/mol. The lowest BCUT2D eigenvalue weighted by molar-refractivity contribution is 0.406. The zero-order valence-electron chi connectivity index (χ0n) is 13.7. The number of rotatable bonds is 3. The summed E-state index contributed by atoms with van der Waals surface area (Å²) in [4.78, 5) is 0. The minimum Gasteiger partial charge on any atom is -0.493 e. The topological polar surface area (TPSA) is 49.9 Å². The summed E-state index contributed by atoms with van der Waals surface area (Å²) in [5, 5.41) is 20.5. The molecule has 2 aromatic carbocycles. The number of aryl methyl sites for hydroxylation is 2. The molecule has 0 amide bonds. The number of azo groups is 1. The summed E-state index contributed by atoms with van der Waals surface area (Å²) in [6, 6.07) is 14.4. The van der Waals surface area contributed by atoms with Gasteiger partial charge in [-0.3, -0.25) is 0 Å². The van der Waals surface area contributed by atoms with Gasteiger partial charge in [0.25, 0.3) is 0 Å². The third kappa shape index (κ3) is 2.49. The van der Waals surface area contributed by atoms with Crippen LogP contribution in [0.4, 0.5) is 11.4 Å². The van der Waals surface area contributed by atoms with Crippen molar-refractivity contribution in [2.45, 2.75) is 19.9 Å². The van der Waals surface area contributed by atoms with Crippen LogP contribution in [0.15, 0.2) is 52.7 Å². The Morgan fingerprint density at radius 1 is 1.08 bits per heavy atom. The molecule has 2 heterocycles. The van der Waals surface area contributed by atoms with E-state index < -0.39 is 0 Å². The van der Waals surface area contributed by atoms with Crippen LogP contribution < -0.4 is 0 Å². The number of hydrogen-bond acceptors (Lipinski definition) is 4. The molecule has 0 bridgehead atoms. The second-order valence-electron chi connectivity index (χ2n) is 6.24. The van der Waals surface area contributed by atoms with Gasteiger partial charge in [-0.2, -0.15) is 16.9 Å². The summed E-state index contributed by atoms with van der Waals surface area (Å²) in [5.74, 6) is 2.27. The fraction of sp³-hybridized carbons (Fsp3) is 0.263. The lowest BCUT2D eigenvalue weighted by Crippen LogP contribution is -2.22. The van der Waals surface area contributed by atoms with Crippen molar-refractivity contribution < 1.29 is 5.11 Å². The third-order valence-electron chi connectivity index (χ3n) is 4.45. The van der Waals surface area contributed by atoms with E-state index in [9.17, 15) is 5.11 Å². The van der Waals surface area contributed by atoms with Gasteiger partial charge in [0.1, 0.15) is 0 Å². The minimum atomic E-state index is 0.218. The Morgan fingerprint density at radius 3 is 2.58 bits per heavy atom. The first-order valence-electron chi connectivity index (χ1n) is 8.04. The molecule has 4 rings (SSSR count). The molecule has 1 aliphatic rings. The van der Waals surface area contributed by atoms with Crippen molar-refractivity contribution in [2.75, 3.05) is 11.5 Å². The van der Waals surface area contributed by atoms with E-state index in [0.717, 1.165) is 33.7 Å². The Kier molecular flexibility index (Phi) is 3.81. The standard InChI is InChI=1S/C19H19N3OS/c1-12-7-8-16(13(2)9-12)20-21-18-15-5-3-4-6-17(15)22(19(18)23)14-10-24-11-14/h3-9,14,23H,10-11H2,1-2H3. The first kappa shape index (κ1) is 15.3. The van der Waals surface area contributed by atoms with Gasteiger partial charge >= 0.3 is 0 Å². The number of para-hydroxylation sites is 1. The highest BCUT2D eigenvalue weighted by atomic mass is 32.2. The first-order valence-corrected chi connectivity index (χ1v) is 9.19. The third-order valence-corrected chi connectivity index (χ3v) is 5.70. The zero-order chi connectivity index (χ0) is 16.7. The number of aromatic nitrogens is 1. The van der Waals surface area contributed by atoms with Gasteiger partial charge in [0.05, 0.1) is 17.2 Å². The highest BCUT2D eigenvalue weighted by Crippen LogP contribution is 2.44. The summed E-state index contributed by atoms with van der Waals surface area (Å²) in [7, 11) is 0. The van der Waals surface area contributed by atoms with Crippen LogP contribution in [-0.4, -0.2) is 21.2 Å². The molecule has 3 aromatic rings. The summed E-state index contributed by atoms with van der Waals surface area (Å²) in [6.07, 6.45) is 0. The van der Waals surface area contributed by atoms with Crippen molar-refractivity contribution in [1.82, 2.24) is 4.57 Å². The second kappa shape index (κ2) is 5.98. The smallest absolute Gasteiger partial charge is 0.221 e. The van der Waals surface area contributed by atoms with E-state index in [4.69, 9.17) is 0 Å². The van der Waals surface area contributed by atoms with Gasteiger partial charge in [0.15, 0.2) is 5.69 Å². The molecular formula is C19H19N3OS. The van der Waals surface area contributed by atoms with E-state index in [1.54, 1.807) is 0 Å². The van der Waals surface area contributed by atoms with Gasteiger partial charge in [-0.05, 0) is 31.5 Å². The van der Waals surface area contributed by atoms with Crippen LogP contribution in [0.5, 0.6) is 5.88 Å². The highest BCUT2D eigenvalue weighted by molar-refractivity contribution is 8.00. The molecule has 4 nitrogen and oxygen atoms in total. The van der Waals surface area contributed by atoms with Crippen LogP contribution in [0, 0.1) is 13.8 Å². The van der Waals surface area contributed by atoms with E-state index in [2.05, 4.69) is 23.2 Å². The number of thioether (sulfide) groups is 1. The average Bonchev–Trinajstić information content (AvgIpc) is 2.78. The van der Waals surface area contributed by atoms with Crippen molar-refractivity contribution in [1.29, 1.82) is 0 Å². The lowest BCUT2D eigenvalue weighted by Gasteiger charge is -2.27. The monoisotopic (exact) mass is 337 g/mol. The maximum absolute atomic E-state index is 10.7. The fourth-order valence-corrected chi connectivity index (χ4v) is 3.84. The quantitative estimate of drug-likeness (QED) is 0.626. The van der Waals surface area contributed by atoms with Crippen molar-refractivity contribution in [2.24, 2.45) is 10.2 Å². The van der Waals surface area contributed by atoms with Crippen molar-refractivity contribution in [3.05, 3.63) is 53.6 Å². The molecule has 0 aliphatic carbocycles. The zero-order valence-corrected chi connectivity index (χ0v) is 14.5. The number of fused-ring (bicyclic) bond motifs is 1. The molecule has 1 aromatic heterocycles. The van der Waals surface area contributed by atoms with Gasteiger partial charge in [-0.15, -0.1) is 5.11 Å².